The molecule has 5 aromatic heterocycles. The molecule has 2 unspecified atom stereocenters. The molecule has 9 aromatic rings. The summed E-state index contributed by atoms with van der Waals surface area (Å²) in [6, 6.07) is 36.6. The molecule has 574 valence electrons. The molecule has 2 saturated heterocycles. The summed E-state index contributed by atoms with van der Waals surface area (Å²) in [4.78, 5) is 173. The SMILES string of the molecule is CC(C)C(=O)Nc1nc2c(ncn2[C@H]2CC(OC(=O)NCC(=O)OCc3ccccc3)[C@@H](COC(=O)CCC(=O)OCc3ccccc3)O2)c(=O)[nH]1.CC(C)C(=O)Nc1nc2c(ncn2[C@H]2CC(OC(=O)NCC(=O)OCc3ccccc3)[C@@H](COC(=O)n3ccnc3)O2)c(=O)[nH]1.NCC(=O)OCc1ccccc1. The molecule has 0 spiro atoms. The first-order valence-corrected chi connectivity index (χ1v) is 34.1. The van der Waals surface area contributed by atoms with E-state index >= 15 is 0 Å². The number of nitrogens with zero attached hydrogens (tertiary/aromatic N) is 8. The number of aromatic amines is 2. The molecule has 11 rings (SSSR count). The van der Waals surface area contributed by atoms with Crippen molar-refractivity contribution in [2.75, 3.05) is 43.5 Å². The van der Waals surface area contributed by atoms with Crippen LogP contribution in [0, 0.1) is 11.8 Å². The van der Waals surface area contributed by atoms with E-state index < -0.39 is 103 Å². The summed E-state index contributed by atoms with van der Waals surface area (Å²) in [5.74, 6) is -4.73. The molecule has 4 amide bonds. The standard InChI is InChI=1S/C35H38N6O11.C28H30N8O9.C9H11NO2/c1-21(2)32(45)39-34-38-31-30(33(46)40-34)37-20-41(31)26-15-24(52-35(47)36-16-29(44)49-18-23-11-7-4-8-12-23)25(51-26)19-50-28(43)14-13-27(42)48-17-22-9-5-3-6-10-22;1-16(2)24(38)33-26-32-23-22(25(39)34-26)31-15-36(23)20-10-18(19(44-20)13-43-28(41)35-9-8-29-14-35)45-27(40)30-11-21(37)42-12-17-6-4-3-5-7-17;10-6-9(11)12-7-8-4-2-1-3-5-8/h3-12,20-21,24-26H,13-19H2,1-2H3,(H,36,47)(H2,38,39,40,45,46);3-9,14-16,18-20H,10-13H2,1-2H3,(H,30,40)(H2,32,33,34,38,39);1-5H,6-7,10H2/t24?,25-,26-;18?,19-,20-;/m11./s1. The van der Waals surface area contributed by atoms with E-state index in [1.807, 2.05) is 72.8 Å². The lowest BCUT2D eigenvalue weighted by atomic mass is 10.2. The summed E-state index contributed by atoms with van der Waals surface area (Å²) in [5.41, 5.74) is 7.31. The van der Waals surface area contributed by atoms with Gasteiger partial charge in [0.25, 0.3) is 11.1 Å². The van der Waals surface area contributed by atoms with Crippen LogP contribution in [0.1, 0.15) is 88.1 Å². The highest BCUT2D eigenvalue weighted by atomic mass is 16.6. The number of alkyl carbamates (subject to hydrolysis) is 2. The summed E-state index contributed by atoms with van der Waals surface area (Å²) in [6.45, 7) is 5.47. The summed E-state index contributed by atoms with van der Waals surface area (Å²) in [6.07, 6.45) is -2.17. The zero-order chi connectivity index (χ0) is 77.8. The van der Waals surface area contributed by atoms with Crippen LogP contribution in [0.2, 0.25) is 0 Å². The van der Waals surface area contributed by atoms with Crippen LogP contribution in [-0.4, -0.2) is 166 Å². The molecule has 2 aliphatic rings. The minimum Gasteiger partial charge on any atom is -0.463 e. The summed E-state index contributed by atoms with van der Waals surface area (Å²) in [7, 11) is 0. The second-order valence-corrected chi connectivity index (χ2v) is 24.6. The average molecular weight is 1510 g/mol. The van der Waals surface area contributed by atoms with Crippen molar-refractivity contribution in [1.82, 2.24) is 59.2 Å². The Morgan fingerprint density at radius 1 is 0.505 bits per heavy atom. The third-order valence-electron chi connectivity index (χ3n) is 15.8. The molecule has 0 aliphatic carbocycles. The second kappa shape index (κ2) is 39.9. The maximum Gasteiger partial charge on any atom is 0.419 e. The number of esters is 5. The summed E-state index contributed by atoms with van der Waals surface area (Å²) < 4.78 is 58.4. The van der Waals surface area contributed by atoms with Crippen LogP contribution in [0.15, 0.2) is 162 Å². The number of imidazole rings is 3. The van der Waals surface area contributed by atoms with Crippen molar-refractivity contribution < 1.29 is 95.3 Å². The van der Waals surface area contributed by atoms with Gasteiger partial charge in [0.1, 0.15) is 95.9 Å². The first kappa shape index (κ1) is 80.1. The number of hydrogen-bond donors (Lipinski definition) is 7. The highest BCUT2D eigenvalue weighted by molar-refractivity contribution is 5.92. The number of amides is 4. The number of benzene rings is 4. The Balaban J connectivity index is 0.000000219. The Labute approximate surface area is 619 Å². The molecule has 0 radical (unpaired) electrons. The van der Waals surface area contributed by atoms with Gasteiger partial charge < -0.3 is 63.7 Å². The zero-order valence-corrected chi connectivity index (χ0v) is 59.4. The minimum absolute atomic E-state index is 0.00642. The Kier molecular flexibility index (Phi) is 29.3. The van der Waals surface area contributed by atoms with Crippen LogP contribution in [0.25, 0.3) is 22.3 Å². The van der Waals surface area contributed by atoms with Gasteiger partial charge in [0, 0.05) is 37.1 Å². The molecule has 0 saturated carbocycles. The predicted octanol–water partition coefficient (Wildman–Crippen LogP) is 5.32. The quantitative estimate of drug-likeness (QED) is 0.0241. The molecule has 37 nitrogen and oxygen atoms in total. The first-order chi connectivity index (χ1) is 52.5. The van der Waals surface area contributed by atoms with Gasteiger partial charge in [-0.25, -0.2) is 33.9 Å². The lowest BCUT2D eigenvalue weighted by Gasteiger charge is -2.19. The van der Waals surface area contributed by atoms with Gasteiger partial charge >= 0.3 is 48.1 Å². The van der Waals surface area contributed by atoms with Crippen molar-refractivity contribution in [1.29, 1.82) is 0 Å². The molecule has 6 atom stereocenters. The fourth-order valence-corrected chi connectivity index (χ4v) is 10.1. The van der Waals surface area contributed by atoms with Crippen LogP contribution in [0.4, 0.5) is 26.3 Å². The van der Waals surface area contributed by atoms with Crippen LogP contribution >= 0.6 is 0 Å². The van der Waals surface area contributed by atoms with Crippen LogP contribution in [0.3, 0.4) is 0 Å². The molecule has 2 fully saturated rings. The first-order valence-electron chi connectivity index (χ1n) is 34.1. The van der Waals surface area contributed by atoms with Gasteiger partial charge in [0.05, 0.1) is 32.0 Å². The van der Waals surface area contributed by atoms with Gasteiger partial charge in [0.2, 0.25) is 23.7 Å². The van der Waals surface area contributed by atoms with Gasteiger partial charge in [-0.2, -0.15) is 9.97 Å². The number of nitrogens with two attached hydrogens (primary N) is 1. The Hall–Kier alpha value is -13.0. The molecule has 4 aromatic carbocycles. The number of ether oxygens (including phenoxy) is 10. The third-order valence-corrected chi connectivity index (χ3v) is 15.8. The van der Waals surface area contributed by atoms with Crippen LogP contribution < -0.4 is 38.1 Å². The van der Waals surface area contributed by atoms with Gasteiger partial charge in [0.15, 0.2) is 22.3 Å². The number of aromatic nitrogens is 10. The van der Waals surface area contributed by atoms with Gasteiger partial charge in [-0.15, -0.1) is 0 Å². The molecule has 37 heteroatoms. The minimum atomic E-state index is -1.02. The largest absolute Gasteiger partial charge is 0.463 e. The van der Waals surface area contributed by atoms with E-state index in [0.29, 0.717) is 6.61 Å². The number of anilines is 2. The van der Waals surface area contributed by atoms with Crippen LogP contribution in [0.5, 0.6) is 0 Å². The van der Waals surface area contributed by atoms with Crippen molar-refractivity contribution in [3.8, 4) is 0 Å². The van der Waals surface area contributed by atoms with Crippen molar-refractivity contribution in [2.24, 2.45) is 17.6 Å². The van der Waals surface area contributed by atoms with Crippen molar-refractivity contribution in [3.63, 3.8) is 0 Å². The lowest BCUT2D eigenvalue weighted by Crippen LogP contribution is -2.38. The maximum absolute atomic E-state index is 12.8. The van der Waals surface area contributed by atoms with E-state index in [0.717, 1.165) is 26.8 Å². The number of rotatable bonds is 28. The number of carbonyl (C=O) groups is 10. The van der Waals surface area contributed by atoms with Gasteiger partial charge in [-0.05, 0) is 22.3 Å². The monoisotopic (exact) mass is 1510 g/mol. The topological polar surface area (TPSA) is 482 Å². The van der Waals surface area contributed by atoms with Crippen molar-refractivity contribution >= 4 is 94.2 Å². The number of hydrogen-bond acceptors (Lipinski definition) is 28. The predicted molar refractivity (Wildman–Crippen MR) is 380 cm³/mol. The van der Waals surface area contributed by atoms with Crippen LogP contribution in [-0.2, 0) is 107 Å². The van der Waals surface area contributed by atoms with Gasteiger partial charge in [-0.1, -0.05) is 149 Å². The summed E-state index contributed by atoms with van der Waals surface area (Å²) in [5, 5.41) is 9.78. The zero-order valence-electron chi connectivity index (χ0n) is 59.4. The molecule has 0 bridgehead atoms. The Morgan fingerprint density at radius 3 is 1.26 bits per heavy atom. The molecule has 7 heterocycles. The van der Waals surface area contributed by atoms with E-state index in [1.165, 1.54) is 40.5 Å². The molecular formula is C72H79N15O22. The van der Waals surface area contributed by atoms with Crippen molar-refractivity contribution in [2.45, 2.75) is 117 Å². The average Bonchev–Trinajstić information content (AvgIpc) is 1.62. The Morgan fingerprint density at radius 2 is 0.881 bits per heavy atom. The lowest BCUT2D eigenvalue weighted by molar-refractivity contribution is -0.154. The van der Waals surface area contributed by atoms with Gasteiger partial charge in [-0.3, -0.25) is 72.9 Å². The number of nitrogens with one attached hydrogen (secondary N) is 6. The maximum atomic E-state index is 12.8. The fourth-order valence-electron chi connectivity index (χ4n) is 10.1. The highest BCUT2D eigenvalue weighted by Crippen LogP contribution is 2.35. The van der Waals surface area contributed by atoms with E-state index in [-0.39, 0.29) is 129 Å². The number of fused-ring (bicyclic) bond motifs is 2. The Bertz CT molecular complexity index is 4690. The van der Waals surface area contributed by atoms with E-state index in [1.54, 1.807) is 76.2 Å². The smallest absolute Gasteiger partial charge is 0.419 e. The molecule has 8 N–H and O–H groups in total. The van der Waals surface area contributed by atoms with E-state index in [2.05, 4.69) is 56.2 Å². The number of H-pyrrole nitrogens is 2. The highest BCUT2D eigenvalue weighted by Gasteiger charge is 2.43. The summed E-state index contributed by atoms with van der Waals surface area (Å²) >= 11 is 0. The fraction of sp³-hybridized carbons (Fsp3) is 0.347. The van der Waals surface area contributed by atoms with Crippen molar-refractivity contribution in [3.05, 3.63) is 196 Å². The molecule has 2 aliphatic heterocycles. The molecular weight excluding hydrogens is 1430 g/mol. The second-order valence-electron chi connectivity index (χ2n) is 24.6. The van der Waals surface area contributed by atoms with E-state index in [9.17, 15) is 57.5 Å². The number of carbonyl (C=O) groups excluding carboxylic acids is 10. The van der Waals surface area contributed by atoms with E-state index in [4.69, 9.17) is 53.1 Å². The molecule has 109 heavy (non-hydrogen) atoms. The normalized spacial score (nSPS) is 16.2. The third kappa shape index (κ3) is 24.5.